The van der Waals surface area contributed by atoms with Crippen molar-refractivity contribution in [3.8, 4) is 17.3 Å². The highest BCUT2D eigenvalue weighted by atomic mass is 32.1. The number of fused-ring (bicyclic) bond motifs is 1. The number of aromatic nitrogens is 4. The molecule has 204 valence electrons. The molecule has 13 heteroatoms. The molecule has 1 aromatic carbocycles. The van der Waals surface area contributed by atoms with Gasteiger partial charge in [0.25, 0.3) is 5.91 Å². The zero-order chi connectivity index (χ0) is 28.0. The molecule has 4 aromatic rings. The van der Waals surface area contributed by atoms with Crippen LogP contribution in [-0.4, -0.2) is 62.4 Å². The molecule has 0 saturated carbocycles. The molecule has 2 aliphatic heterocycles. The second kappa shape index (κ2) is 9.96. The number of hydrogen-bond donors (Lipinski definition) is 2. The van der Waals surface area contributed by atoms with Crippen LogP contribution < -0.4 is 11.1 Å². The maximum atomic E-state index is 15.5. The minimum absolute atomic E-state index is 0.0761. The number of benzene rings is 1. The van der Waals surface area contributed by atoms with Crippen molar-refractivity contribution in [1.29, 1.82) is 5.26 Å². The Morgan fingerprint density at radius 2 is 2.15 bits per heavy atom. The lowest BCUT2D eigenvalue weighted by atomic mass is 9.85. The SMILES string of the molecule is CC1(C(=O)N2CCC[C@@H](c3nc(-c4ccc(C(=O)Nc5ncc(C#N)s5)cc4F)c4c(N)nccn34)C2)COC1. The molecular formula is C27H25FN8O3S. The third kappa shape index (κ3) is 4.44. The average Bonchev–Trinajstić information content (AvgIpc) is 3.56. The quantitative estimate of drug-likeness (QED) is 0.377. The molecular weight excluding hydrogens is 535 g/mol. The number of nitrogens with one attached hydrogen (secondary N) is 1. The van der Waals surface area contributed by atoms with Crippen molar-refractivity contribution < 1.29 is 18.7 Å². The van der Waals surface area contributed by atoms with Crippen LogP contribution in [0.3, 0.4) is 0 Å². The molecule has 2 aliphatic rings. The van der Waals surface area contributed by atoms with Crippen molar-refractivity contribution in [1.82, 2.24) is 24.3 Å². The number of nitriles is 1. The fraction of sp³-hybridized carbons (Fsp3) is 0.333. The van der Waals surface area contributed by atoms with E-state index in [1.165, 1.54) is 18.3 Å². The molecule has 2 saturated heterocycles. The number of amides is 2. The summed E-state index contributed by atoms with van der Waals surface area (Å²) in [5.74, 6) is -0.361. The summed E-state index contributed by atoms with van der Waals surface area (Å²) in [5.41, 5.74) is 6.79. The van der Waals surface area contributed by atoms with E-state index in [4.69, 9.17) is 20.7 Å². The number of rotatable bonds is 5. The molecule has 3 aromatic heterocycles. The van der Waals surface area contributed by atoms with Gasteiger partial charge in [0, 0.05) is 42.5 Å². The first-order valence-corrected chi connectivity index (χ1v) is 13.6. The standard InChI is InChI=1S/C27H25FN8O3S/c1-27(13-39-14-27)25(38)35-7-2-3-16(12-35)23-33-20(21-22(30)31-6-8-36(21)23)18-5-4-15(9-19(18)28)24(37)34-26-32-11-17(10-29)40-26/h4-6,8-9,11,16H,2-3,7,12-14H2,1H3,(H2,30,31)(H,32,34,37)/t16-/m1/s1. The number of halogens is 1. The number of nitrogens with zero attached hydrogens (tertiary/aromatic N) is 6. The second-order valence-electron chi connectivity index (χ2n) is 10.3. The van der Waals surface area contributed by atoms with Gasteiger partial charge in [-0.05, 0) is 38.0 Å². The van der Waals surface area contributed by atoms with E-state index in [1.54, 1.807) is 12.4 Å². The van der Waals surface area contributed by atoms with Gasteiger partial charge < -0.3 is 15.4 Å². The number of nitrogens with two attached hydrogens (primary N) is 1. The normalized spacial score (nSPS) is 18.2. The smallest absolute Gasteiger partial charge is 0.257 e. The van der Waals surface area contributed by atoms with E-state index in [-0.39, 0.29) is 33.9 Å². The molecule has 0 spiro atoms. The van der Waals surface area contributed by atoms with Crippen molar-refractivity contribution in [3.63, 3.8) is 0 Å². The summed E-state index contributed by atoms with van der Waals surface area (Å²) in [4.78, 5) is 41.1. The van der Waals surface area contributed by atoms with E-state index in [0.717, 1.165) is 30.2 Å². The first kappa shape index (κ1) is 25.8. The van der Waals surface area contributed by atoms with Crippen LogP contribution in [0.1, 0.15) is 46.7 Å². The molecule has 0 bridgehead atoms. The van der Waals surface area contributed by atoms with Crippen molar-refractivity contribution in [2.45, 2.75) is 25.7 Å². The zero-order valence-electron chi connectivity index (χ0n) is 21.6. The van der Waals surface area contributed by atoms with E-state index >= 15 is 4.39 Å². The lowest BCUT2D eigenvalue weighted by molar-refractivity contribution is -0.169. The summed E-state index contributed by atoms with van der Waals surface area (Å²) in [6, 6.07) is 6.06. The molecule has 0 aliphatic carbocycles. The Balaban J connectivity index is 1.31. The average molecular weight is 561 g/mol. The first-order valence-electron chi connectivity index (χ1n) is 12.7. The molecule has 40 heavy (non-hydrogen) atoms. The summed E-state index contributed by atoms with van der Waals surface area (Å²) >= 11 is 1.02. The van der Waals surface area contributed by atoms with E-state index in [1.807, 2.05) is 22.3 Å². The Kier molecular flexibility index (Phi) is 6.44. The van der Waals surface area contributed by atoms with Crippen molar-refractivity contribution in [2.24, 2.45) is 5.41 Å². The molecule has 1 atom stereocenters. The third-order valence-electron chi connectivity index (χ3n) is 7.36. The number of imidazole rings is 1. The van der Waals surface area contributed by atoms with Gasteiger partial charge in [0.1, 0.15) is 39.6 Å². The number of carbonyl (C=O) groups excluding carboxylic acids is 2. The van der Waals surface area contributed by atoms with Crippen LogP contribution in [0.5, 0.6) is 0 Å². The Morgan fingerprint density at radius 1 is 1.32 bits per heavy atom. The van der Waals surface area contributed by atoms with Crippen LogP contribution >= 0.6 is 11.3 Å². The van der Waals surface area contributed by atoms with Crippen LogP contribution in [0.2, 0.25) is 0 Å². The molecule has 2 fully saturated rings. The molecule has 2 amide bonds. The summed E-state index contributed by atoms with van der Waals surface area (Å²) in [5, 5.41) is 11.8. The number of anilines is 2. The van der Waals surface area contributed by atoms with E-state index in [9.17, 15) is 9.59 Å². The van der Waals surface area contributed by atoms with Crippen LogP contribution in [0.25, 0.3) is 16.8 Å². The second-order valence-corrected chi connectivity index (χ2v) is 11.3. The lowest BCUT2D eigenvalue weighted by Gasteiger charge is -2.42. The van der Waals surface area contributed by atoms with Gasteiger partial charge in [-0.2, -0.15) is 5.26 Å². The zero-order valence-corrected chi connectivity index (χ0v) is 22.4. The minimum Gasteiger partial charge on any atom is -0.382 e. The molecule has 11 nitrogen and oxygen atoms in total. The van der Waals surface area contributed by atoms with Crippen molar-refractivity contribution in [3.05, 3.63) is 58.9 Å². The number of likely N-dealkylation sites (tertiary alicyclic amines) is 1. The topological polar surface area (TPSA) is 152 Å². The molecule has 5 heterocycles. The largest absolute Gasteiger partial charge is 0.382 e. The number of nitrogen functional groups attached to an aromatic ring is 1. The van der Waals surface area contributed by atoms with E-state index in [2.05, 4.69) is 15.3 Å². The summed E-state index contributed by atoms with van der Waals surface area (Å²) in [6.07, 6.45) is 6.28. The highest BCUT2D eigenvalue weighted by molar-refractivity contribution is 7.16. The van der Waals surface area contributed by atoms with Gasteiger partial charge in [0.15, 0.2) is 5.13 Å². The lowest BCUT2D eigenvalue weighted by Crippen LogP contribution is -2.55. The van der Waals surface area contributed by atoms with Crippen LogP contribution in [-0.2, 0) is 9.53 Å². The number of carbonyl (C=O) groups is 2. The number of ether oxygens (including phenoxy) is 1. The predicted molar refractivity (Wildman–Crippen MR) is 145 cm³/mol. The van der Waals surface area contributed by atoms with Gasteiger partial charge >= 0.3 is 0 Å². The maximum Gasteiger partial charge on any atom is 0.257 e. The van der Waals surface area contributed by atoms with Gasteiger partial charge in [-0.1, -0.05) is 11.3 Å². The van der Waals surface area contributed by atoms with Crippen LogP contribution in [0, 0.1) is 22.6 Å². The third-order valence-corrected chi connectivity index (χ3v) is 8.18. The van der Waals surface area contributed by atoms with Crippen LogP contribution in [0.4, 0.5) is 15.3 Å². The molecule has 3 N–H and O–H groups in total. The van der Waals surface area contributed by atoms with E-state index in [0.29, 0.717) is 48.2 Å². The Bertz CT molecular complexity index is 1690. The number of thiazole rings is 1. The highest BCUT2D eigenvalue weighted by Crippen LogP contribution is 2.37. The Morgan fingerprint density at radius 3 is 2.85 bits per heavy atom. The summed E-state index contributed by atoms with van der Waals surface area (Å²) in [6.45, 7) is 3.92. The number of hydrogen-bond acceptors (Lipinski definition) is 9. The number of piperidine rings is 1. The highest BCUT2D eigenvalue weighted by Gasteiger charge is 2.44. The van der Waals surface area contributed by atoms with Gasteiger partial charge in [-0.15, -0.1) is 0 Å². The summed E-state index contributed by atoms with van der Waals surface area (Å²) in [7, 11) is 0. The summed E-state index contributed by atoms with van der Waals surface area (Å²) < 4.78 is 22.7. The van der Waals surface area contributed by atoms with Crippen LogP contribution in [0.15, 0.2) is 36.8 Å². The van der Waals surface area contributed by atoms with Crippen molar-refractivity contribution >= 4 is 39.6 Å². The maximum absolute atomic E-state index is 15.5. The fourth-order valence-electron chi connectivity index (χ4n) is 5.25. The molecule has 0 radical (unpaired) electrons. The van der Waals surface area contributed by atoms with Gasteiger partial charge in [-0.25, -0.2) is 19.3 Å². The van der Waals surface area contributed by atoms with Crippen molar-refractivity contribution in [2.75, 3.05) is 37.4 Å². The Labute approximate surface area is 232 Å². The predicted octanol–water partition coefficient (Wildman–Crippen LogP) is 3.44. The fourth-order valence-corrected chi connectivity index (χ4v) is 5.86. The van der Waals surface area contributed by atoms with Gasteiger partial charge in [0.2, 0.25) is 5.91 Å². The molecule has 6 rings (SSSR count). The van der Waals surface area contributed by atoms with E-state index < -0.39 is 17.1 Å². The monoisotopic (exact) mass is 560 g/mol. The van der Waals surface area contributed by atoms with Gasteiger partial charge in [-0.3, -0.25) is 19.3 Å². The first-order chi connectivity index (χ1) is 19.3. The minimum atomic E-state index is -0.655. The molecule has 0 unspecified atom stereocenters. The Hall–Kier alpha value is -4.41. The van der Waals surface area contributed by atoms with Gasteiger partial charge in [0.05, 0.1) is 24.8 Å².